The third-order valence-electron chi connectivity index (χ3n) is 4.47. The fourth-order valence-corrected chi connectivity index (χ4v) is 2.81. The quantitative estimate of drug-likeness (QED) is 0.234. The minimum Gasteiger partial charge on any atom is -0.550 e. The Morgan fingerprint density at radius 2 is 0.704 bits per heavy atom. The van der Waals surface area contributed by atoms with E-state index in [0.717, 1.165) is 25.7 Å². The van der Waals surface area contributed by atoms with Gasteiger partial charge in [-0.25, -0.2) is 0 Å². The molecule has 0 aliphatic rings. The van der Waals surface area contributed by atoms with Crippen LogP contribution >= 0.6 is 0 Å². The van der Waals surface area contributed by atoms with Crippen molar-refractivity contribution in [2.45, 2.75) is 129 Å². The third kappa shape index (κ3) is 37.1. The van der Waals surface area contributed by atoms with Crippen LogP contribution in [-0.2, 0) is 29.1 Å². The van der Waals surface area contributed by atoms with Gasteiger partial charge in [0.15, 0.2) is 0 Å². The Labute approximate surface area is 180 Å². The van der Waals surface area contributed by atoms with Crippen LogP contribution in [0.1, 0.15) is 129 Å². The Morgan fingerprint density at radius 1 is 0.481 bits per heavy atom. The topological polar surface area (TPSA) is 80.3 Å². The molecule has 0 saturated heterocycles. The summed E-state index contributed by atoms with van der Waals surface area (Å²) in [7, 11) is 0. The van der Waals surface area contributed by atoms with Gasteiger partial charge in [-0.2, -0.15) is 0 Å². The number of rotatable bonds is 18. The van der Waals surface area contributed by atoms with E-state index in [9.17, 15) is 19.8 Å². The van der Waals surface area contributed by atoms with E-state index in [-0.39, 0.29) is 32.3 Å². The second-order valence-electron chi connectivity index (χ2n) is 7.19. The zero-order valence-electron chi connectivity index (χ0n) is 18.1. The molecule has 0 saturated carbocycles. The van der Waals surface area contributed by atoms with Crippen LogP contribution < -0.4 is 10.2 Å². The summed E-state index contributed by atoms with van der Waals surface area (Å²) in [6.07, 6.45) is 19.5. The van der Waals surface area contributed by atoms with Crippen LogP contribution in [0.5, 0.6) is 0 Å². The first-order valence-corrected chi connectivity index (χ1v) is 10.9. The maximum Gasteiger partial charge on any atom is 2.00 e. The van der Waals surface area contributed by atoms with Gasteiger partial charge in [-0.05, 0) is 25.7 Å². The first kappa shape index (κ1) is 31.3. The van der Waals surface area contributed by atoms with E-state index in [1.807, 2.05) is 0 Å². The van der Waals surface area contributed by atoms with Crippen LogP contribution in [0.4, 0.5) is 0 Å². The van der Waals surface area contributed by atoms with Gasteiger partial charge in [-0.15, -0.1) is 0 Å². The van der Waals surface area contributed by atoms with Gasteiger partial charge in [-0.1, -0.05) is 104 Å². The molecular formula is C22H42O4Zn. The average molecular weight is 436 g/mol. The molecule has 27 heavy (non-hydrogen) atoms. The summed E-state index contributed by atoms with van der Waals surface area (Å²) in [5.41, 5.74) is 0. The number of hydrogen-bond acceptors (Lipinski definition) is 4. The number of unbranched alkanes of at least 4 members (excludes halogenated alkanes) is 14. The predicted octanol–water partition coefficient (Wildman–Crippen LogP) is 4.53. The van der Waals surface area contributed by atoms with E-state index in [1.165, 1.54) is 77.0 Å². The van der Waals surface area contributed by atoms with E-state index in [1.54, 1.807) is 0 Å². The van der Waals surface area contributed by atoms with Crippen molar-refractivity contribution in [2.24, 2.45) is 0 Å². The van der Waals surface area contributed by atoms with Crippen molar-refractivity contribution in [1.29, 1.82) is 0 Å². The van der Waals surface area contributed by atoms with Crippen LogP contribution in [-0.4, -0.2) is 11.9 Å². The van der Waals surface area contributed by atoms with Gasteiger partial charge in [0.1, 0.15) is 0 Å². The second-order valence-corrected chi connectivity index (χ2v) is 7.19. The maximum atomic E-state index is 10.1. The molecule has 0 fully saturated rings. The van der Waals surface area contributed by atoms with Crippen LogP contribution in [0, 0.1) is 0 Å². The molecule has 0 bridgehead atoms. The molecule has 156 valence electrons. The van der Waals surface area contributed by atoms with Crippen LogP contribution in [0.15, 0.2) is 0 Å². The summed E-state index contributed by atoms with van der Waals surface area (Å²) in [5, 5.41) is 20.1. The van der Waals surface area contributed by atoms with Crippen LogP contribution in [0.3, 0.4) is 0 Å². The molecule has 0 aromatic heterocycles. The number of carbonyl (C=O) groups is 2. The Bertz CT molecular complexity index is 279. The van der Waals surface area contributed by atoms with Crippen molar-refractivity contribution >= 4 is 11.9 Å². The molecule has 0 heterocycles. The minimum absolute atomic E-state index is 0. The van der Waals surface area contributed by atoms with Crippen LogP contribution in [0.2, 0.25) is 0 Å². The Morgan fingerprint density at radius 3 is 0.926 bits per heavy atom. The molecule has 0 aromatic rings. The molecule has 4 nitrogen and oxygen atoms in total. The molecule has 0 rings (SSSR count). The molecule has 5 heteroatoms. The SMILES string of the molecule is CCCCCCCCCCC(=O)[O-].CCCCCCCCCCC(=O)[O-].[Zn+2]. The van der Waals surface area contributed by atoms with Gasteiger partial charge < -0.3 is 19.8 Å². The Balaban J connectivity index is -0.000000411. The Kier molecular flexibility index (Phi) is 32.2. The smallest absolute Gasteiger partial charge is 0.550 e. The average Bonchev–Trinajstić information content (AvgIpc) is 2.60. The van der Waals surface area contributed by atoms with Gasteiger partial charge in [0, 0.05) is 11.9 Å². The number of hydrogen-bond donors (Lipinski definition) is 0. The first-order chi connectivity index (χ1) is 12.5. The van der Waals surface area contributed by atoms with E-state index in [4.69, 9.17) is 0 Å². The molecule has 0 aromatic carbocycles. The number of aliphatic carboxylic acids is 2. The molecule has 0 atom stereocenters. The standard InChI is InChI=1S/2C11H22O2.Zn/c2*1-2-3-4-5-6-7-8-9-10-11(12)13;/h2*2-10H2,1H3,(H,12,13);/q;;+2/p-2. The molecule has 0 spiro atoms. The van der Waals surface area contributed by atoms with E-state index >= 15 is 0 Å². The maximum absolute atomic E-state index is 10.1. The zero-order valence-corrected chi connectivity index (χ0v) is 21.0. The van der Waals surface area contributed by atoms with Gasteiger partial charge in [-0.3, -0.25) is 0 Å². The number of carboxylic acid groups (broad SMARTS) is 2. The third-order valence-corrected chi connectivity index (χ3v) is 4.47. The molecule has 0 aliphatic heterocycles. The predicted molar refractivity (Wildman–Crippen MR) is 104 cm³/mol. The number of carboxylic acids is 2. The summed E-state index contributed by atoms with van der Waals surface area (Å²) >= 11 is 0. The number of carbonyl (C=O) groups excluding carboxylic acids is 2. The summed E-state index contributed by atoms with van der Waals surface area (Å²) in [4.78, 5) is 20.1. The van der Waals surface area contributed by atoms with Crippen LogP contribution in [0.25, 0.3) is 0 Å². The van der Waals surface area contributed by atoms with Crippen molar-refractivity contribution in [3.8, 4) is 0 Å². The monoisotopic (exact) mass is 434 g/mol. The largest absolute Gasteiger partial charge is 2.00 e. The normalized spacial score (nSPS) is 9.85. The van der Waals surface area contributed by atoms with E-state index in [0.29, 0.717) is 0 Å². The molecule has 0 aliphatic carbocycles. The molecule has 0 unspecified atom stereocenters. The van der Waals surface area contributed by atoms with Gasteiger partial charge in [0.25, 0.3) is 0 Å². The van der Waals surface area contributed by atoms with Crippen molar-refractivity contribution in [3.05, 3.63) is 0 Å². The second kappa shape index (κ2) is 27.8. The molecular weight excluding hydrogens is 394 g/mol. The first-order valence-electron chi connectivity index (χ1n) is 10.9. The minimum atomic E-state index is -0.911. The molecule has 0 amide bonds. The van der Waals surface area contributed by atoms with Gasteiger partial charge >= 0.3 is 19.5 Å². The van der Waals surface area contributed by atoms with Gasteiger partial charge in [0.2, 0.25) is 0 Å². The van der Waals surface area contributed by atoms with Crippen molar-refractivity contribution in [2.75, 3.05) is 0 Å². The fourth-order valence-electron chi connectivity index (χ4n) is 2.81. The van der Waals surface area contributed by atoms with Crippen molar-refractivity contribution in [3.63, 3.8) is 0 Å². The fraction of sp³-hybridized carbons (Fsp3) is 0.909. The summed E-state index contributed by atoms with van der Waals surface area (Å²) < 4.78 is 0. The van der Waals surface area contributed by atoms with Gasteiger partial charge in [0.05, 0.1) is 0 Å². The molecule has 0 N–H and O–H groups in total. The van der Waals surface area contributed by atoms with E-state index < -0.39 is 11.9 Å². The Hall–Kier alpha value is -0.437. The summed E-state index contributed by atoms with van der Waals surface area (Å²) in [6.45, 7) is 4.42. The van der Waals surface area contributed by atoms with E-state index in [2.05, 4.69) is 13.8 Å². The summed E-state index contributed by atoms with van der Waals surface area (Å²) in [5.74, 6) is -1.82. The van der Waals surface area contributed by atoms with Crippen molar-refractivity contribution < 1.29 is 39.3 Å². The van der Waals surface area contributed by atoms with Crippen molar-refractivity contribution in [1.82, 2.24) is 0 Å². The zero-order chi connectivity index (χ0) is 19.9. The summed E-state index contributed by atoms with van der Waals surface area (Å²) in [6, 6.07) is 0. The molecule has 0 radical (unpaired) electrons.